The SMILES string of the molecule is Cc1ncc(C(=O)NCC(N)=S)s1. The molecule has 6 heteroatoms. The summed E-state index contributed by atoms with van der Waals surface area (Å²) in [5, 5.41) is 3.44. The Morgan fingerprint density at radius 3 is 3.00 bits per heavy atom. The number of hydrogen-bond acceptors (Lipinski definition) is 4. The Labute approximate surface area is 85.2 Å². The summed E-state index contributed by atoms with van der Waals surface area (Å²) in [5.41, 5.74) is 5.23. The number of thiazole rings is 1. The number of rotatable bonds is 3. The number of aromatic nitrogens is 1. The molecule has 0 aliphatic carbocycles. The van der Waals surface area contributed by atoms with Crippen LogP contribution in [0.1, 0.15) is 14.7 Å². The zero-order valence-electron chi connectivity index (χ0n) is 7.03. The van der Waals surface area contributed by atoms with Crippen molar-refractivity contribution in [3.8, 4) is 0 Å². The lowest BCUT2D eigenvalue weighted by molar-refractivity contribution is 0.0963. The fraction of sp³-hybridized carbons (Fsp3) is 0.286. The van der Waals surface area contributed by atoms with Crippen molar-refractivity contribution in [1.82, 2.24) is 10.3 Å². The van der Waals surface area contributed by atoms with Crippen molar-refractivity contribution < 1.29 is 4.79 Å². The fourth-order valence-corrected chi connectivity index (χ4v) is 1.49. The van der Waals surface area contributed by atoms with Gasteiger partial charge in [-0.25, -0.2) is 4.98 Å². The molecular formula is C7H9N3OS2. The summed E-state index contributed by atoms with van der Waals surface area (Å²) < 4.78 is 0. The highest BCUT2D eigenvalue weighted by molar-refractivity contribution is 7.80. The third-order valence-corrected chi connectivity index (χ3v) is 2.32. The summed E-state index contributed by atoms with van der Waals surface area (Å²) >= 11 is 5.96. The Kier molecular flexibility index (Phi) is 3.32. The number of thiocarbonyl (C=S) groups is 1. The summed E-state index contributed by atoms with van der Waals surface area (Å²) in [5.74, 6) is -0.182. The van der Waals surface area contributed by atoms with Crippen LogP contribution in [0.4, 0.5) is 0 Å². The van der Waals surface area contributed by atoms with Gasteiger partial charge in [0.2, 0.25) is 0 Å². The highest BCUT2D eigenvalue weighted by Gasteiger charge is 2.07. The van der Waals surface area contributed by atoms with Gasteiger partial charge < -0.3 is 11.1 Å². The van der Waals surface area contributed by atoms with E-state index in [-0.39, 0.29) is 17.4 Å². The molecule has 1 aromatic rings. The molecule has 0 fully saturated rings. The molecule has 0 aromatic carbocycles. The molecule has 0 bridgehead atoms. The van der Waals surface area contributed by atoms with Crippen molar-refractivity contribution in [3.05, 3.63) is 16.1 Å². The molecular weight excluding hydrogens is 206 g/mol. The van der Waals surface area contributed by atoms with Gasteiger partial charge in [0, 0.05) is 0 Å². The molecule has 0 spiro atoms. The molecule has 70 valence electrons. The maximum absolute atomic E-state index is 11.3. The van der Waals surface area contributed by atoms with Crippen LogP contribution in [0, 0.1) is 6.92 Å². The second-order valence-electron chi connectivity index (χ2n) is 2.39. The largest absolute Gasteiger partial charge is 0.392 e. The van der Waals surface area contributed by atoms with Crippen molar-refractivity contribution in [1.29, 1.82) is 0 Å². The van der Waals surface area contributed by atoms with E-state index in [1.807, 2.05) is 6.92 Å². The first-order valence-corrected chi connectivity index (χ1v) is 4.81. The van der Waals surface area contributed by atoms with Gasteiger partial charge >= 0.3 is 0 Å². The molecule has 0 saturated heterocycles. The number of carbonyl (C=O) groups excluding carboxylic acids is 1. The number of carbonyl (C=O) groups is 1. The molecule has 0 radical (unpaired) electrons. The lowest BCUT2D eigenvalue weighted by Gasteiger charge is -1.99. The highest BCUT2D eigenvalue weighted by atomic mass is 32.1. The van der Waals surface area contributed by atoms with Crippen molar-refractivity contribution in [2.24, 2.45) is 5.73 Å². The zero-order chi connectivity index (χ0) is 9.84. The molecule has 0 saturated carbocycles. The maximum Gasteiger partial charge on any atom is 0.263 e. The average molecular weight is 215 g/mol. The lowest BCUT2D eigenvalue weighted by Crippen LogP contribution is -2.31. The molecule has 1 aromatic heterocycles. The van der Waals surface area contributed by atoms with Crippen LogP contribution in [0.3, 0.4) is 0 Å². The molecule has 0 aliphatic rings. The second-order valence-corrected chi connectivity index (χ2v) is 4.15. The van der Waals surface area contributed by atoms with Gasteiger partial charge in [0.25, 0.3) is 5.91 Å². The van der Waals surface area contributed by atoms with Gasteiger partial charge in [-0.3, -0.25) is 4.79 Å². The van der Waals surface area contributed by atoms with Crippen LogP contribution >= 0.6 is 23.6 Å². The minimum atomic E-state index is -0.182. The Hall–Kier alpha value is -1.01. The molecule has 4 nitrogen and oxygen atoms in total. The van der Waals surface area contributed by atoms with Crippen LogP contribution in [0.15, 0.2) is 6.20 Å². The average Bonchev–Trinajstić information content (AvgIpc) is 2.47. The van der Waals surface area contributed by atoms with Gasteiger partial charge in [-0.05, 0) is 6.92 Å². The molecule has 1 rings (SSSR count). The standard InChI is InChI=1S/C7H9N3OS2/c1-4-9-2-5(13-4)7(11)10-3-6(8)12/h2H,3H2,1H3,(H2,8,12)(H,10,11). The van der Waals surface area contributed by atoms with Gasteiger partial charge in [-0.2, -0.15) is 0 Å². The Bertz CT molecular complexity index is 334. The van der Waals surface area contributed by atoms with E-state index in [4.69, 9.17) is 5.73 Å². The second kappa shape index (κ2) is 4.29. The van der Waals surface area contributed by atoms with Gasteiger partial charge in [0.1, 0.15) is 4.88 Å². The van der Waals surface area contributed by atoms with E-state index in [0.717, 1.165) is 5.01 Å². The van der Waals surface area contributed by atoms with Crippen molar-refractivity contribution in [2.45, 2.75) is 6.92 Å². The minimum Gasteiger partial charge on any atom is -0.392 e. The quantitative estimate of drug-likeness (QED) is 0.719. The number of nitrogens with two attached hydrogens (primary N) is 1. The fourth-order valence-electron chi connectivity index (χ4n) is 0.721. The minimum absolute atomic E-state index is 0.182. The predicted molar refractivity (Wildman–Crippen MR) is 56.0 cm³/mol. The summed E-state index contributed by atoms with van der Waals surface area (Å²) in [6.45, 7) is 2.07. The van der Waals surface area contributed by atoms with E-state index in [1.165, 1.54) is 17.5 Å². The molecule has 1 heterocycles. The van der Waals surface area contributed by atoms with Crippen molar-refractivity contribution in [2.75, 3.05) is 6.54 Å². The third kappa shape index (κ3) is 3.08. The van der Waals surface area contributed by atoms with E-state index >= 15 is 0 Å². The van der Waals surface area contributed by atoms with Gasteiger partial charge in [0.15, 0.2) is 0 Å². The first-order chi connectivity index (χ1) is 6.09. The first-order valence-electron chi connectivity index (χ1n) is 3.58. The number of nitrogens with zero attached hydrogens (tertiary/aromatic N) is 1. The molecule has 0 aliphatic heterocycles. The van der Waals surface area contributed by atoms with E-state index in [1.54, 1.807) is 0 Å². The van der Waals surface area contributed by atoms with Crippen LogP contribution in [-0.2, 0) is 0 Å². The van der Waals surface area contributed by atoms with E-state index in [9.17, 15) is 4.79 Å². The Balaban J connectivity index is 2.54. The van der Waals surface area contributed by atoms with Gasteiger partial charge in [-0.1, -0.05) is 12.2 Å². The summed E-state index contributed by atoms with van der Waals surface area (Å²) in [6.07, 6.45) is 1.54. The maximum atomic E-state index is 11.3. The molecule has 3 N–H and O–H groups in total. The number of nitrogens with one attached hydrogen (secondary N) is 1. The Morgan fingerprint density at radius 2 is 2.54 bits per heavy atom. The van der Waals surface area contributed by atoms with Crippen molar-refractivity contribution >= 4 is 34.5 Å². The van der Waals surface area contributed by atoms with Crippen LogP contribution in [0.2, 0.25) is 0 Å². The van der Waals surface area contributed by atoms with E-state index < -0.39 is 0 Å². The zero-order valence-corrected chi connectivity index (χ0v) is 8.67. The number of hydrogen-bond donors (Lipinski definition) is 2. The lowest BCUT2D eigenvalue weighted by atomic mass is 10.5. The van der Waals surface area contributed by atoms with Crippen LogP contribution < -0.4 is 11.1 Å². The number of aryl methyl sites for hydroxylation is 1. The molecule has 0 unspecified atom stereocenters. The predicted octanol–water partition coefficient (Wildman–Crippen LogP) is 0.467. The van der Waals surface area contributed by atoms with Crippen molar-refractivity contribution in [3.63, 3.8) is 0 Å². The third-order valence-electron chi connectivity index (χ3n) is 1.27. The monoisotopic (exact) mass is 215 g/mol. The number of amides is 1. The van der Waals surface area contributed by atoms with Gasteiger partial charge in [0.05, 0.1) is 22.7 Å². The van der Waals surface area contributed by atoms with E-state index in [0.29, 0.717) is 4.88 Å². The molecule has 13 heavy (non-hydrogen) atoms. The summed E-state index contributed by atoms with van der Waals surface area (Å²) in [7, 11) is 0. The van der Waals surface area contributed by atoms with E-state index in [2.05, 4.69) is 22.5 Å². The first kappa shape index (κ1) is 10.1. The molecule has 0 atom stereocenters. The van der Waals surface area contributed by atoms with Gasteiger partial charge in [-0.15, -0.1) is 11.3 Å². The summed E-state index contributed by atoms with van der Waals surface area (Å²) in [6, 6.07) is 0. The summed E-state index contributed by atoms with van der Waals surface area (Å²) in [4.78, 5) is 16.1. The smallest absolute Gasteiger partial charge is 0.263 e. The van der Waals surface area contributed by atoms with Crippen LogP contribution in [0.25, 0.3) is 0 Å². The Morgan fingerprint density at radius 1 is 1.85 bits per heavy atom. The highest BCUT2D eigenvalue weighted by Crippen LogP contribution is 2.10. The van der Waals surface area contributed by atoms with Crippen LogP contribution in [-0.4, -0.2) is 22.4 Å². The molecule has 1 amide bonds. The topological polar surface area (TPSA) is 68.0 Å². The normalized spacial score (nSPS) is 9.62. The van der Waals surface area contributed by atoms with Crippen LogP contribution in [0.5, 0.6) is 0 Å².